The molecule has 2 aliphatic heterocycles. The van der Waals surface area contributed by atoms with Crippen LogP contribution in [0.1, 0.15) is 87.5 Å². The molecule has 6 aromatic carbocycles. The first-order valence-corrected chi connectivity index (χ1v) is 21.5. The van der Waals surface area contributed by atoms with E-state index in [2.05, 4.69) is 0 Å². The molecular formula is C52H40F9NO7. The molecule has 2 saturated heterocycles. The number of fused-ring (bicyclic) bond motifs is 1. The zero-order valence-corrected chi connectivity index (χ0v) is 36.2. The molecule has 17 heteroatoms. The molecule has 2 heterocycles. The zero-order valence-electron chi connectivity index (χ0n) is 36.2. The number of methoxy groups -OCH3 is 1. The number of halogens is 9. The van der Waals surface area contributed by atoms with E-state index in [4.69, 9.17) is 9.47 Å². The van der Waals surface area contributed by atoms with Crippen LogP contribution < -0.4 is 4.74 Å². The lowest BCUT2D eigenvalue weighted by Gasteiger charge is -2.33. The quantitative estimate of drug-likeness (QED) is 0.139. The Kier molecular flexibility index (Phi) is 13.0. The molecule has 6 aromatic rings. The molecule has 3 atom stereocenters. The second kappa shape index (κ2) is 18.7. The fraction of sp³-hybridized carbons (Fsp3) is 0.250. The summed E-state index contributed by atoms with van der Waals surface area (Å²) in [7, 11) is 1.35. The number of rotatable bonds is 9. The number of carboxylic acids is 2. The summed E-state index contributed by atoms with van der Waals surface area (Å²) in [6.07, 6.45) is -17.0. The molecule has 358 valence electrons. The first-order valence-electron chi connectivity index (χ1n) is 21.5. The first kappa shape index (κ1) is 48.2. The number of carbonyl (C=O) groups excluding carboxylic acids is 1. The first-order chi connectivity index (χ1) is 32.6. The molecule has 3 aliphatic rings. The number of amides is 1. The van der Waals surface area contributed by atoms with Crippen LogP contribution in [0.5, 0.6) is 5.75 Å². The maximum atomic E-state index is 14.0. The van der Waals surface area contributed by atoms with Crippen LogP contribution in [-0.4, -0.2) is 46.3 Å². The second-order valence-electron chi connectivity index (χ2n) is 17.0. The minimum Gasteiger partial charge on any atom is -0.496 e. The average molecular weight is 962 g/mol. The fourth-order valence-electron chi connectivity index (χ4n) is 9.33. The van der Waals surface area contributed by atoms with Crippen LogP contribution in [0.4, 0.5) is 44.3 Å². The van der Waals surface area contributed by atoms with Crippen molar-refractivity contribution in [3.8, 4) is 39.1 Å². The predicted octanol–water partition coefficient (Wildman–Crippen LogP) is 14.1. The van der Waals surface area contributed by atoms with Gasteiger partial charge in [0.1, 0.15) is 11.9 Å². The Labute approximate surface area is 388 Å². The summed E-state index contributed by atoms with van der Waals surface area (Å²) in [5.74, 6) is -2.24. The van der Waals surface area contributed by atoms with Gasteiger partial charge in [-0.05, 0) is 131 Å². The molecule has 8 nitrogen and oxygen atoms in total. The number of hydrogen-bond donors (Lipinski definition) is 2. The number of aliphatic carboxylic acids is 1. The van der Waals surface area contributed by atoms with Crippen LogP contribution in [0.3, 0.4) is 0 Å². The van der Waals surface area contributed by atoms with Crippen LogP contribution in [0.15, 0.2) is 133 Å². The van der Waals surface area contributed by atoms with Gasteiger partial charge >= 0.3 is 36.6 Å². The topological polar surface area (TPSA) is 113 Å². The van der Waals surface area contributed by atoms with E-state index in [-0.39, 0.29) is 41.7 Å². The van der Waals surface area contributed by atoms with E-state index < -0.39 is 82.9 Å². The predicted molar refractivity (Wildman–Crippen MR) is 234 cm³/mol. The summed E-state index contributed by atoms with van der Waals surface area (Å²) in [5.41, 5.74) is 0.942. The maximum Gasteiger partial charge on any atom is 0.416 e. The van der Waals surface area contributed by atoms with E-state index in [1.165, 1.54) is 13.2 Å². The number of alkyl halides is 9. The van der Waals surface area contributed by atoms with E-state index in [0.717, 1.165) is 44.8 Å². The van der Waals surface area contributed by atoms with Gasteiger partial charge in [0.2, 0.25) is 0 Å². The average Bonchev–Trinajstić information content (AvgIpc) is 3.88. The van der Waals surface area contributed by atoms with Gasteiger partial charge in [0, 0.05) is 5.56 Å². The molecule has 1 saturated carbocycles. The van der Waals surface area contributed by atoms with Crippen molar-refractivity contribution in [1.82, 2.24) is 4.90 Å². The maximum absolute atomic E-state index is 14.0. The van der Waals surface area contributed by atoms with Gasteiger partial charge in [-0.3, -0.25) is 9.69 Å². The van der Waals surface area contributed by atoms with Crippen LogP contribution in [0.2, 0.25) is 0 Å². The highest BCUT2D eigenvalue weighted by molar-refractivity contribution is 5.93. The van der Waals surface area contributed by atoms with Gasteiger partial charge in [-0.25, -0.2) is 9.59 Å². The summed E-state index contributed by atoms with van der Waals surface area (Å²) < 4.78 is 134. The molecular weight excluding hydrogens is 922 g/mol. The van der Waals surface area contributed by atoms with Crippen molar-refractivity contribution in [3.05, 3.63) is 172 Å². The van der Waals surface area contributed by atoms with Crippen molar-refractivity contribution in [2.45, 2.75) is 68.3 Å². The van der Waals surface area contributed by atoms with Crippen molar-refractivity contribution in [2.75, 3.05) is 7.11 Å². The number of cyclic esters (lactones) is 1. The Morgan fingerprint density at radius 2 is 1.19 bits per heavy atom. The van der Waals surface area contributed by atoms with Gasteiger partial charge in [0.05, 0.1) is 47.4 Å². The molecule has 0 spiro atoms. The van der Waals surface area contributed by atoms with E-state index >= 15 is 0 Å². The third-order valence-electron chi connectivity index (χ3n) is 12.8. The highest BCUT2D eigenvalue weighted by Gasteiger charge is 2.52. The molecule has 2 N–H and O–H groups in total. The van der Waals surface area contributed by atoms with Gasteiger partial charge < -0.3 is 19.7 Å². The number of hydrogen-bond acceptors (Lipinski definition) is 5. The third kappa shape index (κ3) is 9.99. The van der Waals surface area contributed by atoms with Crippen molar-refractivity contribution in [2.24, 2.45) is 5.92 Å². The van der Waals surface area contributed by atoms with Crippen molar-refractivity contribution >= 4 is 18.0 Å². The second-order valence-corrected chi connectivity index (χ2v) is 17.0. The van der Waals surface area contributed by atoms with Gasteiger partial charge in [-0.15, -0.1) is 0 Å². The van der Waals surface area contributed by atoms with Crippen molar-refractivity contribution in [3.63, 3.8) is 0 Å². The number of carbonyl (C=O) groups is 3. The van der Waals surface area contributed by atoms with Gasteiger partial charge in [0.25, 0.3) is 0 Å². The molecule has 1 amide bonds. The molecule has 9 rings (SSSR count). The lowest BCUT2D eigenvalue weighted by molar-refractivity contribution is -0.145. The standard InChI is InChI=1S/C33H26F9NO5.C19H14O2/c1-47-27-7-2-15(16-8-18(9-16)29(44)45)12-24(27)22-4-3-19(31(34,35)36)14-23(22)25-5-6-26-28(48-30(46)43(25)26)17-10-20(32(37,38)39)13-21(11-17)33(40,41)42;20-19(21)16-11-12-17(14-7-3-1-4-8-14)18(13-16)15-9-5-2-6-10-15/h2-4,7,10-14,16,18,25-26,28H,5-6,8-9H2,1H3,(H,44,45);1-13H,(H,20,21)/t16?,18?,25-,26-,28+;/m0./s1. The fourth-order valence-corrected chi connectivity index (χ4v) is 9.33. The van der Waals surface area contributed by atoms with Crippen LogP contribution in [-0.2, 0) is 28.1 Å². The lowest BCUT2D eigenvalue weighted by Crippen LogP contribution is -2.31. The molecule has 0 unspecified atom stereocenters. The Morgan fingerprint density at radius 1 is 0.609 bits per heavy atom. The summed E-state index contributed by atoms with van der Waals surface area (Å²) >= 11 is 0. The Bertz CT molecular complexity index is 2860. The summed E-state index contributed by atoms with van der Waals surface area (Å²) in [5, 5.41) is 18.5. The van der Waals surface area contributed by atoms with Crippen molar-refractivity contribution < 1.29 is 73.6 Å². The monoisotopic (exact) mass is 961 g/mol. The van der Waals surface area contributed by atoms with Gasteiger partial charge in [0.15, 0.2) is 0 Å². The number of ether oxygens (including phenoxy) is 2. The lowest BCUT2D eigenvalue weighted by atomic mass is 9.71. The normalized spacial score (nSPS) is 20.0. The summed E-state index contributed by atoms with van der Waals surface area (Å²) in [6.45, 7) is 0. The summed E-state index contributed by atoms with van der Waals surface area (Å²) in [6, 6.07) is 31.8. The molecule has 3 fully saturated rings. The minimum absolute atomic E-state index is 0.00415. The SMILES string of the molecule is COc1ccc(C2CC(C(=O)O)C2)cc1-c1ccc(C(F)(F)F)cc1[C@@H]1CC[C@H]2[C@@H](c3cc(C(F)(F)F)cc(C(F)(F)F)c3)OC(=O)N12.O=C(O)c1ccc(-c2ccccc2)c(-c2ccccc2)c1. The smallest absolute Gasteiger partial charge is 0.416 e. The number of aromatic carboxylic acids is 1. The largest absolute Gasteiger partial charge is 0.496 e. The number of benzene rings is 6. The Hall–Kier alpha value is -7.30. The molecule has 69 heavy (non-hydrogen) atoms. The van der Waals surface area contributed by atoms with Gasteiger partial charge in [-0.2, -0.15) is 39.5 Å². The minimum atomic E-state index is -5.15. The van der Waals surface area contributed by atoms with Crippen LogP contribution >= 0.6 is 0 Å². The Balaban J connectivity index is 0.000000254. The zero-order chi connectivity index (χ0) is 49.6. The molecule has 0 aromatic heterocycles. The van der Waals surface area contributed by atoms with Crippen LogP contribution in [0.25, 0.3) is 33.4 Å². The molecule has 0 radical (unpaired) electrons. The molecule has 0 bridgehead atoms. The molecule has 1 aliphatic carbocycles. The number of carboxylic acid groups (broad SMARTS) is 2. The third-order valence-corrected chi connectivity index (χ3v) is 12.8. The van der Waals surface area contributed by atoms with Gasteiger partial charge in [-0.1, -0.05) is 78.9 Å². The van der Waals surface area contributed by atoms with E-state index in [1.54, 1.807) is 30.3 Å². The Morgan fingerprint density at radius 3 is 1.74 bits per heavy atom. The highest BCUT2D eigenvalue weighted by Crippen LogP contribution is 2.52. The van der Waals surface area contributed by atoms with E-state index in [1.807, 2.05) is 66.7 Å². The highest BCUT2D eigenvalue weighted by atomic mass is 19.4. The summed E-state index contributed by atoms with van der Waals surface area (Å²) in [4.78, 5) is 36.9. The van der Waals surface area contributed by atoms with Crippen molar-refractivity contribution in [1.29, 1.82) is 0 Å². The number of nitrogens with zero attached hydrogens (tertiary/aromatic N) is 1. The van der Waals surface area contributed by atoms with Crippen LogP contribution in [0, 0.1) is 5.92 Å². The van der Waals surface area contributed by atoms with E-state index in [9.17, 15) is 64.1 Å². The van der Waals surface area contributed by atoms with E-state index in [0.29, 0.717) is 36.1 Å².